The van der Waals surface area contributed by atoms with Crippen LogP contribution in [0.3, 0.4) is 0 Å². The molecule has 2 N–H and O–H groups in total. The van der Waals surface area contributed by atoms with E-state index in [1.807, 2.05) is 0 Å². The SMILES string of the molecule is O=c1[nH]c(Cc2ccc(F)cc2Cl)nc(O)c1I. The van der Waals surface area contributed by atoms with Gasteiger partial charge in [-0.05, 0) is 40.3 Å². The molecule has 94 valence electrons. The van der Waals surface area contributed by atoms with Crippen LogP contribution in [0.4, 0.5) is 4.39 Å². The number of hydrogen-bond donors (Lipinski definition) is 2. The van der Waals surface area contributed by atoms with Gasteiger partial charge in [-0.3, -0.25) is 4.79 Å². The van der Waals surface area contributed by atoms with Crippen molar-refractivity contribution < 1.29 is 9.50 Å². The molecule has 2 rings (SSSR count). The molecule has 0 atom stereocenters. The van der Waals surface area contributed by atoms with Gasteiger partial charge in [0, 0.05) is 11.4 Å². The molecule has 0 saturated heterocycles. The number of halogens is 3. The Labute approximate surface area is 120 Å². The van der Waals surface area contributed by atoms with Crippen LogP contribution in [-0.2, 0) is 6.42 Å². The third-order valence-electron chi connectivity index (χ3n) is 2.27. The molecule has 0 bridgehead atoms. The summed E-state index contributed by atoms with van der Waals surface area (Å²) in [7, 11) is 0. The topological polar surface area (TPSA) is 66.0 Å². The summed E-state index contributed by atoms with van der Waals surface area (Å²) in [5, 5.41) is 9.69. The number of hydrogen-bond acceptors (Lipinski definition) is 3. The molecule has 1 aromatic heterocycles. The van der Waals surface area contributed by atoms with Gasteiger partial charge < -0.3 is 10.1 Å². The van der Waals surface area contributed by atoms with Gasteiger partial charge in [0.1, 0.15) is 15.2 Å². The highest BCUT2D eigenvalue weighted by Crippen LogP contribution is 2.20. The Morgan fingerprint density at radius 2 is 2.22 bits per heavy atom. The number of nitrogens with zero attached hydrogens (tertiary/aromatic N) is 1. The van der Waals surface area contributed by atoms with Gasteiger partial charge in [0.25, 0.3) is 5.56 Å². The standard InChI is InChI=1S/C11H7ClFIN2O2/c12-7-4-6(13)2-1-5(7)3-8-15-10(17)9(14)11(18)16-8/h1-2,4H,3H2,(H2,15,16,17,18). The van der Waals surface area contributed by atoms with Crippen molar-refractivity contribution in [2.24, 2.45) is 0 Å². The van der Waals surface area contributed by atoms with Gasteiger partial charge in [0.05, 0.1) is 0 Å². The minimum atomic E-state index is -0.435. The molecule has 1 heterocycles. The fourth-order valence-corrected chi connectivity index (χ4v) is 1.91. The summed E-state index contributed by atoms with van der Waals surface area (Å²) in [4.78, 5) is 17.8. The molecule has 0 aliphatic heterocycles. The second kappa shape index (κ2) is 5.23. The second-order valence-electron chi connectivity index (χ2n) is 3.56. The second-order valence-corrected chi connectivity index (χ2v) is 5.05. The normalized spacial score (nSPS) is 10.6. The first kappa shape index (κ1) is 13.3. The molecule has 2 aromatic rings. The summed E-state index contributed by atoms with van der Waals surface area (Å²) in [5.41, 5.74) is 0.193. The summed E-state index contributed by atoms with van der Waals surface area (Å²) in [6.45, 7) is 0. The highest BCUT2D eigenvalue weighted by molar-refractivity contribution is 14.1. The zero-order valence-corrected chi connectivity index (χ0v) is 11.8. The van der Waals surface area contributed by atoms with Crippen molar-refractivity contribution in [2.75, 3.05) is 0 Å². The van der Waals surface area contributed by atoms with E-state index in [1.165, 1.54) is 18.2 Å². The van der Waals surface area contributed by atoms with Gasteiger partial charge in [0.2, 0.25) is 5.88 Å². The van der Waals surface area contributed by atoms with Crippen LogP contribution < -0.4 is 5.56 Å². The summed E-state index contributed by atoms with van der Waals surface area (Å²) < 4.78 is 13.0. The third-order valence-corrected chi connectivity index (χ3v) is 3.59. The molecule has 7 heteroatoms. The molecule has 4 nitrogen and oxygen atoms in total. The van der Waals surface area contributed by atoms with E-state index in [-0.39, 0.29) is 26.7 Å². The van der Waals surface area contributed by atoms with Crippen molar-refractivity contribution in [3.63, 3.8) is 0 Å². The summed E-state index contributed by atoms with van der Waals surface area (Å²) in [6, 6.07) is 3.96. The van der Waals surface area contributed by atoms with Crippen molar-refractivity contribution in [1.82, 2.24) is 9.97 Å². The lowest BCUT2D eigenvalue weighted by Gasteiger charge is -2.05. The first-order valence-electron chi connectivity index (χ1n) is 4.89. The molecular formula is C11H7ClFIN2O2. The smallest absolute Gasteiger partial charge is 0.268 e. The lowest BCUT2D eigenvalue weighted by atomic mass is 10.1. The summed E-state index contributed by atoms with van der Waals surface area (Å²) >= 11 is 7.56. The molecular weight excluding hydrogens is 373 g/mol. The van der Waals surface area contributed by atoms with E-state index in [9.17, 15) is 14.3 Å². The molecule has 0 unspecified atom stereocenters. The summed E-state index contributed by atoms with van der Waals surface area (Å²) in [6.07, 6.45) is 0.207. The molecule has 0 saturated carbocycles. The maximum atomic E-state index is 12.9. The number of aromatic amines is 1. The predicted molar refractivity (Wildman–Crippen MR) is 73.5 cm³/mol. The van der Waals surface area contributed by atoms with Gasteiger partial charge in [-0.1, -0.05) is 17.7 Å². The van der Waals surface area contributed by atoms with E-state index in [0.717, 1.165) is 0 Å². The van der Waals surface area contributed by atoms with Gasteiger partial charge in [-0.15, -0.1) is 0 Å². The van der Waals surface area contributed by atoms with Crippen LogP contribution in [0.1, 0.15) is 11.4 Å². The van der Waals surface area contributed by atoms with Crippen molar-refractivity contribution in [1.29, 1.82) is 0 Å². The lowest BCUT2D eigenvalue weighted by Crippen LogP contribution is -2.14. The molecule has 0 spiro atoms. The number of H-pyrrole nitrogens is 1. The Kier molecular flexibility index (Phi) is 3.86. The number of rotatable bonds is 2. The van der Waals surface area contributed by atoms with E-state index < -0.39 is 11.4 Å². The fourth-order valence-electron chi connectivity index (χ4n) is 1.42. The van der Waals surface area contributed by atoms with Gasteiger partial charge in [-0.2, -0.15) is 4.98 Å². The van der Waals surface area contributed by atoms with Crippen molar-refractivity contribution in [2.45, 2.75) is 6.42 Å². The third kappa shape index (κ3) is 2.81. The largest absolute Gasteiger partial charge is 0.492 e. The highest BCUT2D eigenvalue weighted by atomic mass is 127. The maximum Gasteiger partial charge on any atom is 0.268 e. The van der Waals surface area contributed by atoms with Crippen molar-refractivity contribution in [3.05, 3.63) is 54.4 Å². The molecule has 0 aliphatic rings. The van der Waals surface area contributed by atoms with Crippen LogP contribution in [0.15, 0.2) is 23.0 Å². The molecule has 0 amide bonds. The number of aromatic hydroxyl groups is 1. The Balaban J connectivity index is 2.37. The zero-order valence-electron chi connectivity index (χ0n) is 8.88. The average Bonchev–Trinajstić information content (AvgIpc) is 2.29. The van der Waals surface area contributed by atoms with Crippen LogP contribution in [0.2, 0.25) is 5.02 Å². The van der Waals surface area contributed by atoms with Gasteiger partial charge in [-0.25, -0.2) is 4.39 Å². The minimum Gasteiger partial charge on any atom is -0.492 e. The minimum absolute atomic E-state index is 0.126. The molecule has 0 fully saturated rings. The quantitative estimate of drug-likeness (QED) is 0.787. The molecule has 0 aliphatic carbocycles. The Morgan fingerprint density at radius 1 is 1.50 bits per heavy atom. The van der Waals surface area contributed by atoms with E-state index in [0.29, 0.717) is 5.56 Å². The zero-order chi connectivity index (χ0) is 13.3. The Bertz CT molecular complexity index is 660. The van der Waals surface area contributed by atoms with Crippen LogP contribution in [-0.4, -0.2) is 15.1 Å². The van der Waals surface area contributed by atoms with E-state index in [2.05, 4.69) is 9.97 Å². The Hall–Kier alpha value is -1.15. The van der Waals surface area contributed by atoms with E-state index >= 15 is 0 Å². The number of aromatic nitrogens is 2. The fraction of sp³-hybridized carbons (Fsp3) is 0.0909. The van der Waals surface area contributed by atoms with Crippen LogP contribution in [0, 0.1) is 9.39 Å². The summed E-state index contributed by atoms with van der Waals surface area (Å²) in [5.74, 6) is -0.491. The molecule has 1 aromatic carbocycles. The first-order valence-corrected chi connectivity index (χ1v) is 6.34. The van der Waals surface area contributed by atoms with Gasteiger partial charge in [0.15, 0.2) is 0 Å². The van der Waals surface area contributed by atoms with Crippen LogP contribution in [0.25, 0.3) is 0 Å². The number of nitrogens with one attached hydrogen (secondary N) is 1. The lowest BCUT2D eigenvalue weighted by molar-refractivity contribution is 0.443. The molecule has 18 heavy (non-hydrogen) atoms. The first-order chi connectivity index (χ1) is 8.47. The predicted octanol–water partition coefficient (Wildman–Crippen LogP) is 2.46. The van der Waals surface area contributed by atoms with Crippen LogP contribution >= 0.6 is 34.2 Å². The number of benzene rings is 1. The molecule has 0 radical (unpaired) electrons. The monoisotopic (exact) mass is 380 g/mol. The van der Waals surface area contributed by atoms with Crippen molar-refractivity contribution >= 4 is 34.2 Å². The maximum absolute atomic E-state index is 12.9. The average molecular weight is 381 g/mol. The van der Waals surface area contributed by atoms with Crippen molar-refractivity contribution in [3.8, 4) is 5.88 Å². The van der Waals surface area contributed by atoms with Gasteiger partial charge >= 0.3 is 0 Å². The van der Waals surface area contributed by atoms with Crippen LogP contribution in [0.5, 0.6) is 5.88 Å². The van der Waals surface area contributed by atoms with E-state index in [4.69, 9.17) is 11.6 Å². The highest BCUT2D eigenvalue weighted by Gasteiger charge is 2.10. The Morgan fingerprint density at radius 3 is 2.83 bits per heavy atom. The van der Waals surface area contributed by atoms with E-state index in [1.54, 1.807) is 22.6 Å².